The van der Waals surface area contributed by atoms with Crippen molar-refractivity contribution in [2.75, 3.05) is 33.7 Å². The van der Waals surface area contributed by atoms with Gasteiger partial charge in [0.2, 0.25) is 5.75 Å². The molecule has 2 rings (SSSR count). The second-order valence-electron chi connectivity index (χ2n) is 6.50. The Morgan fingerprint density at radius 1 is 1.04 bits per heavy atom. The molecule has 27 heavy (non-hydrogen) atoms. The van der Waals surface area contributed by atoms with Crippen LogP contribution in [0.5, 0.6) is 17.2 Å². The normalized spacial score (nSPS) is 20.0. The maximum atomic E-state index is 12.9. The number of rotatable bonds is 8. The molecule has 7 nitrogen and oxygen atoms in total. The fraction of sp³-hybridized carbons (Fsp3) is 0.632. The average Bonchev–Trinajstić information content (AvgIpc) is 2.66. The number of carbonyl (C=O) groups excluding carboxylic acids is 1. The van der Waals surface area contributed by atoms with Gasteiger partial charge in [-0.25, -0.2) is 8.42 Å². The number of ether oxygens (including phenoxy) is 4. The Morgan fingerprint density at radius 3 is 2.15 bits per heavy atom. The number of methoxy groups -OCH3 is 3. The highest BCUT2D eigenvalue weighted by molar-refractivity contribution is 7.92. The third kappa shape index (κ3) is 4.86. The number of carbonyl (C=O) groups is 1. The van der Waals surface area contributed by atoms with Crippen LogP contribution >= 0.6 is 0 Å². The average molecular weight is 400 g/mol. The van der Waals surface area contributed by atoms with Gasteiger partial charge >= 0.3 is 5.97 Å². The lowest BCUT2D eigenvalue weighted by Gasteiger charge is -2.32. The quantitative estimate of drug-likeness (QED) is 0.620. The van der Waals surface area contributed by atoms with Crippen LogP contribution < -0.4 is 14.2 Å². The van der Waals surface area contributed by atoms with Crippen molar-refractivity contribution in [2.45, 2.75) is 43.8 Å². The molecule has 2 atom stereocenters. The fourth-order valence-electron chi connectivity index (χ4n) is 3.70. The van der Waals surface area contributed by atoms with Gasteiger partial charge in [-0.1, -0.05) is 12.8 Å². The van der Waals surface area contributed by atoms with Crippen molar-refractivity contribution < 1.29 is 32.2 Å². The minimum atomic E-state index is -3.64. The Balaban J connectivity index is 2.41. The van der Waals surface area contributed by atoms with E-state index in [1.54, 1.807) is 19.1 Å². The van der Waals surface area contributed by atoms with Gasteiger partial charge in [0, 0.05) is 5.92 Å². The van der Waals surface area contributed by atoms with Crippen LogP contribution in [0.4, 0.5) is 0 Å². The molecule has 1 aliphatic carbocycles. The molecule has 8 heteroatoms. The summed E-state index contributed by atoms with van der Waals surface area (Å²) < 4.78 is 46.8. The maximum Gasteiger partial charge on any atom is 0.321 e. The van der Waals surface area contributed by atoms with Gasteiger partial charge in [-0.2, -0.15) is 0 Å². The van der Waals surface area contributed by atoms with Crippen LogP contribution in [0.1, 0.15) is 44.1 Å². The number of sulfone groups is 1. The largest absolute Gasteiger partial charge is 0.493 e. The summed E-state index contributed by atoms with van der Waals surface area (Å²) in [5.74, 6) is -0.103. The molecule has 0 N–H and O–H groups in total. The van der Waals surface area contributed by atoms with Crippen molar-refractivity contribution >= 4 is 15.8 Å². The van der Waals surface area contributed by atoms with Gasteiger partial charge in [0.15, 0.2) is 21.3 Å². The molecule has 0 saturated heterocycles. The summed E-state index contributed by atoms with van der Waals surface area (Å²) in [5.41, 5.74) is 0.807. The molecule has 0 aliphatic heterocycles. The summed E-state index contributed by atoms with van der Waals surface area (Å²) in [6.07, 6.45) is 2.97. The Labute approximate surface area is 160 Å². The standard InChI is InChI=1S/C19H28O7S/c1-5-26-18(20)12-27(21,22)17-9-7-6-8-14(17)13-10-15(23-2)19(25-4)16(11-13)24-3/h10-11,14,17H,5-9,12H2,1-4H3. The fourth-order valence-corrected chi connectivity index (χ4v) is 5.64. The van der Waals surface area contributed by atoms with Gasteiger partial charge in [-0.05, 0) is 37.5 Å². The predicted molar refractivity (Wildman–Crippen MR) is 102 cm³/mol. The van der Waals surface area contributed by atoms with Crippen molar-refractivity contribution in [3.05, 3.63) is 17.7 Å². The minimum absolute atomic E-state index is 0.162. The van der Waals surface area contributed by atoms with Gasteiger partial charge in [0.1, 0.15) is 5.75 Å². The molecule has 0 radical (unpaired) electrons. The van der Waals surface area contributed by atoms with E-state index in [4.69, 9.17) is 18.9 Å². The summed E-state index contributed by atoms with van der Waals surface area (Å²) in [7, 11) is 0.926. The molecule has 1 aromatic rings. The van der Waals surface area contributed by atoms with Crippen LogP contribution in [0.2, 0.25) is 0 Å². The highest BCUT2D eigenvalue weighted by Gasteiger charge is 2.38. The van der Waals surface area contributed by atoms with Gasteiger partial charge in [0.25, 0.3) is 0 Å². The van der Waals surface area contributed by atoms with E-state index in [9.17, 15) is 13.2 Å². The van der Waals surface area contributed by atoms with Crippen LogP contribution in [-0.4, -0.2) is 53.3 Å². The summed E-state index contributed by atoms with van der Waals surface area (Å²) in [6, 6.07) is 3.59. The lowest BCUT2D eigenvalue weighted by Crippen LogP contribution is -2.35. The first-order chi connectivity index (χ1) is 12.9. The molecule has 1 saturated carbocycles. The molecule has 1 aliphatic rings. The lowest BCUT2D eigenvalue weighted by atomic mass is 9.83. The summed E-state index contributed by atoms with van der Waals surface area (Å²) in [4.78, 5) is 11.8. The molecule has 0 bridgehead atoms. The zero-order valence-corrected chi connectivity index (χ0v) is 17.1. The third-order valence-corrected chi connectivity index (χ3v) is 7.03. The number of esters is 1. The molecule has 0 heterocycles. The molecular formula is C19H28O7S. The first kappa shape index (κ1) is 21.3. The first-order valence-electron chi connectivity index (χ1n) is 9.05. The van der Waals surface area contributed by atoms with E-state index in [-0.39, 0.29) is 12.5 Å². The molecular weight excluding hydrogens is 372 g/mol. The summed E-state index contributed by atoms with van der Waals surface area (Å²) in [6.45, 7) is 1.82. The third-order valence-electron chi connectivity index (χ3n) is 4.90. The van der Waals surface area contributed by atoms with Crippen molar-refractivity contribution in [1.29, 1.82) is 0 Å². The topological polar surface area (TPSA) is 88.1 Å². The SMILES string of the molecule is CCOC(=O)CS(=O)(=O)C1CCCCC1c1cc(OC)c(OC)c(OC)c1. The highest BCUT2D eigenvalue weighted by Crippen LogP contribution is 2.44. The summed E-state index contributed by atoms with van der Waals surface area (Å²) in [5, 5.41) is -0.640. The second kappa shape index (κ2) is 9.30. The molecule has 0 aromatic heterocycles. The van der Waals surface area contributed by atoms with Crippen LogP contribution in [0, 0.1) is 0 Å². The highest BCUT2D eigenvalue weighted by atomic mass is 32.2. The van der Waals surface area contributed by atoms with Gasteiger partial charge < -0.3 is 18.9 Å². The van der Waals surface area contributed by atoms with Gasteiger partial charge in [0.05, 0.1) is 33.2 Å². The van der Waals surface area contributed by atoms with E-state index in [1.807, 2.05) is 0 Å². The summed E-state index contributed by atoms with van der Waals surface area (Å²) >= 11 is 0. The predicted octanol–water partition coefficient (Wildman–Crippen LogP) is 2.72. The van der Waals surface area contributed by atoms with Crippen LogP contribution in [0.25, 0.3) is 0 Å². The second-order valence-corrected chi connectivity index (χ2v) is 8.72. The van der Waals surface area contributed by atoms with Crippen LogP contribution in [-0.2, 0) is 19.4 Å². The molecule has 0 amide bonds. The van der Waals surface area contributed by atoms with Crippen molar-refractivity contribution in [2.24, 2.45) is 0 Å². The van der Waals surface area contributed by atoms with Crippen LogP contribution in [0.3, 0.4) is 0 Å². The Hall–Kier alpha value is -1.96. The van der Waals surface area contributed by atoms with Gasteiger partial charge in [-0.15, -0.1) is 0 Å². The number of benzene rings is 1. The zero-order valence-electron chi connectivity index (χ0n) is 16.3. The van der Waals surface area contributed by atoms with E-state index < -0.39 is 26.8 Å². The Bertz CT molecular complexity index is 732. The molecule has 1 fully saturated rings. The van der Waals surface area contributed by atoms with Gasteiger partial charge in [-0.3, -0.25) is 4.79 Å². The molecule has 1 aromatic carbocycles. The zero-order chi connectivity index (χ0) is 20.0. The van der Waals surface area contributed by atoms with E-state index >= 15 is 0 Å². The Kier molecular flexibility index (Phi) is 7.35. The van der Waals surface area contributed by atoms with Crippen molar-refractivity contribution in [3.63, 3.8) is 0 Å². The van der Waals surface area contributed by atoms with E-state index in [0.717, 1.165) is 18.4 Å². The van der Waals surface area contributed by atoms with Crippen molar-refractivity contribution in [1.82, 2.24) is 0 Å². The molecule has 2 unspecified atom stereocenters. The van der Waals surface area contributed by atoms with Crippen LogP contribution in [0.15, 0.2) is 12.1 Å². The van der Waals surface area contributed by atoms with E-state index in [0.29, 0.717) is 30.1 Å². The molecule has 0 spiro atoms. The number of hydrogen-bond acceptors (Lipinski definition) is 7. The minimum Gasteiger partial charge on any atom is -0.493 e. The van der Waals surface area contributed by atoms with E-state index in [2.05, 4.69) is 0 Å². The molecule has 152 valence electrons. The smallest absolute Gasteiger partial charge is 0.321 e. The Morgan fingerprint density at radius 2 is 1.63 bits per heavy atom. The van der Waals surface area contributed by atoms with Crippen molar-refractivity contribution in [3.8, 4) is 17.2 Å². The van der Waals surface area contributed by atoms with E-state index in [1.165, 1.54) is 21.3 Å². The number of hydrogen-bond donors (Lipinski definition) is 0. The maximum absolute atomic E-state index is 12.9. The first-order valence-corrected chi connectivity index (χ1v) is 10.8. The lowest BCUT2D eigenvalue weighted by molar-refractivity contribution is -0.139. The monoisotopic (exact) mass is 400 g/mol.